The van der Waals surface area contributed by atoms with Crippen molar-refractivity contribution in [3.63, 3.8) is 0 Å². The molecule has 0 bridgehead atoms. The Bertz CT molecular complexity index is 586. The molecule has 0 amide bonds. The number of hydrogen-bond acceptors (Lipinski definition) is 0. The van der Waals surface area contributed by atoms with Gasteiger partial charge in [-0.2, -0.15) is 0 Å². The molecule has 2 fully saturated rings. The first kappa shape index (κ1) is 16.6. The summed E-state index contributed by atoms with van der Waals surface area (Å²) in [7, 11) is 0.918. The molecule has 2 atom stereocenters. The van der Waals surface area contributed by atoms with Gasteiger partial charge in [-0.25, -0.2) is 0 Å². The average molecular weight is 338 g/mol. The van der Waals surface area contributed by atoms with Crippen LogP contribution in [0.15, 0.2) is 53.6 Å². The maximum absolute atomic E-state index is 2.57. The van der Waals surface area contributed by atoms with E-state index in [9.17, 15) is 0 Å². The lowest BCUT2D eigenvalue weighted by Gasteiger charge is -2.31. The Balaban J connectivity index is 1.60. The van der Waals surface area contributed by atoms with E-state index in [1.54, 1.807) is 5.57 Å². The minimum atomic E-state index is 0.701. The topological polar surface area (TPSA) is 0 Å². The van der Waals surface area contributed by atoms with Gasteiger partial charge in [0.15, 0.2) is 0 Å². The number of rotatable bonds is 4. The van der Waals surface area contributed by atoms with Gasteiger partial charge in [0.05, 0.1) is 0 Å². The monoisotopic (exact) mass is 338 g/mol. The van der Waals surface area contributed by atoms with Crippen molar-refractivity contribution in [3.05, 3.63) is 53.6 Å². The molecule has 1 aromatic rings. The van der Waals surface area contributed by atoms with E-state index in [2.05, 4.69) is 42.5 Å². The molecular weight excluding hydrogens is 307 g/mol. The molecule has 24 heavy (non-hydrogen) atoms. The smallest absolute Gasteiger partial charge is 0.0204 e. The highest BCUT2D eigenvalue weighted by atomic mass is 31.1. The molecule has 1 aromatic carbocycles. The Morgan fingerprint density at radius 3 is 2.00 bits per heavy atom. The van der Waals surface area contributed by atoms with E-state index in [0.717, 1.165) is 20.4 Å². The van der Waals surface area contributed by atoms with Crippen molar-refractivity contribution in [2.45, 2.75) is 69.9 Å². The predicted octanol–water partition coefficient (Wildman–Crippen LogP) is 6.39. The van der Waals surface area contributed by atoms with Crippen LogP contribution >= 0.6 is 8.58 Å². The fourth-order valence-corrected chi connectivity index (χ4v) is 6.60. The van der Waals surface area contributed by atoms with Crippen molar-refractivity contribution in [2.75, 3.05) is 0 Å². The number of allylic oxidation sites excluding steroid dienone is 4. The van der Waals surface area contributed by atoms with E-state index in [-0.39, 0.29) is 0 Å². The Kier molecular flexibility index (Phi) is 5.53. The third kappa shape index (κ3) is 3.70. The SMILES string of the molecule is C1=CC(Pc2ccccc2)C(C2CCCCC2)=C1C1CCCCC1. The van der Waals surface area contributed by atoms with Gasteiger partial charge in [-0.05, 0) is 48.4 Å². The van der Waals surface area contributed by atoms with Gasteiger partial charge in [0.1, 0.15) is 0 Å². The molecule has 3 aliphatic rings. The largest absolute Gasteiger partial charge is 0.0791 e. The molecule has 0 aliphatic heterocycles. The third-order valence-corrected chi connectivity index (χ3v) is 7.80. The summed E-state index contributed by atoms with van der Waals surface area (Å²) in [6, 6.07) is 11.2. The predicted molar refractivity (Wildman–Crippen MR) is 107 cm³/mol. The second-order valence-corrected chi connectivity index (χ2v) is 9.42. The van der Waals surface area contributed by atoms with Crippen molar-refractivity contribution in [1.82, 2.24) is 0 Å². The van der Waals surface area contributed by atoms with Crippen LogP contribution in [0.2, 0.25) is 0 Å². The molecular formula is C23H31P. The van der Waals surface area contributed by atoms with Crippen LogP contribution in [0.5, 0.6) is 0 Å². The number of benzene rings is 1. The number of hydrogen-bond donors (Lipinski definition) is 0. The fraction of sp³-hybridized carbons (Fsp3) is 0.565. The Morgan fingerprint density at radius 2 is 1.33 bits per heavy atom. The molecule has 1 heteroatoms. The van der Waals surface area contributed by atoms with E-state index in [1.807, 2.05) is 5.57 Å². The lowest BCUT2D eigenvalue weighted by molar-refractivity contribution is 0.379. The van der Waals surface area contributed by atoms with Crippen LogP contribution < -0.4 is 5.30 Å². The van der Waals surface area contributed by atoms with E-state index < -0.39 is 0 Å². The second-order valence-electron chi connectivity index (χ2n) is 7.93. The first-order valence-electron chi connectivity index (χ1n) is 10.2. The zero-order valence-electron chi connectivity index (χ0n) is 14.8. The van der Waals surface area contributed by atoms with Gasteiger partial charge in [-0.3, -0.25) is 0 Å². The first-order chi connectivity index (χ1) is 11.9. The molecule has 0 radical (unpaired) electrons. The van der Waals surface area contributed by atoms with Crippen LogP contribution in [-0.4, -0.2) is 5.66 Å². The Hall–Kier alpha value is -0.870. The second kappa shape index (κ2) is 8.01. The first-order valence-corrected chi connectivity index (χ1v) is 11.2. The summed E-state index contributed by atoms with van der Waals surface area (Å²) in [4.78, 5) is 0. The summed E-state index contributed by atoms with van der Waals surface area (Å²) in [6.07, 6.45) is 19.6. The molecule has 0 heterocycles. The van der Waals surface area contributed by atoms with Crippen LogP contribution in [0.1, 0.15) is 64.2 Å². The standard InChI is InChI=1S/C23H31P/c1-4-10-18(11-5-1)21-16-17-22(24-20-14-8-3-9-15-20)23(21)19-12-6-2-7-13-19/h3,8-9,14-19,22,24H,1-2,4-7,10-13H2. The molecule has 4 rings (SSSR count). The molecule has 2 saturated carbocycles. The van der Waals surface area contributed by atoms with Crippen molar-refractivity contribution in [3.8, 4) is 0 Å². The van der Waals surface area contributed by atoms with Crippen LogP contribution in [0, 0.1) is 11.8 Å². The van der Waals surface area contributed by atoms with E-state index in [0.29, 0.717) is 5.66 Å². The molecule has 0 N–H and O–H groups in total. The Labute approximate surface area is 149 Å². The fourth-order valence-electron chi connectivity index (χ4n) is 5.11. The minimum absolute atomic E-state index is 0.701. The molecule has 0 saturated heterocycles. The lowest BCUT2D eigenvalue weighted by Crippen LogP contribution is -2.19. The molecule has 0 spiro atoms. The highest BCUT2D eigenvalue weighted by Crippen LogP contribution is 2.46. The molecule has 2 unspecified atom stereocenters. The van der Waals surface area contributed by atoms with Gasteiger partial charge in [-0.1, -0.05) is 95.2 Å². The zero-order chi connectivity index (χ0) is 16.2. The van der Waals surface area contributed by atoms with Crippen LogP contribution in [-0.2, 0) is 0 Å². The van der Waals surface area contributed by atoms with Gasteiger partial charge in [0.2, 0.25) is 0 Å². The van der Waals surface area contributed by atoms with Crippen molar-refractivity contribution >= 4 is 13.9 Å². The Morgan fingerprint density at radius 1 is 0.708 bits per heavy atom. The van der Waals surface area contributed by atoms with Crippen molar-refractivity contribution in [1.29, 1.82) is 0 Å². The normalized spacial score (nSPS) is 26.8. The van der Waals surface area contributed by atoms with Crippen LogP contribution in [0.25, 0.3) is 0 Å². The highest BCUT2D eigenvalue weighted by molar-refractivity contribution is 7.48. The summed E-state index contributed by atoms with van der Waals surface area (Å²) in [6.45, 7) is 0. The van der Waals surface area contributed by atoms with Gasteiger partial charge < -0.3 is 0 Å². The molecule has 128 valence electrons. The lowest BCUT2D eigenvalue weighted by atomic mass is 9.76. The summed E-state index contributed by atoms with van der Waals surface area (Å²) < 4.78 is 0. The summed E-state index contributed by atoms with van der Waals surface area (Å²) in [5, 5.41) is 1.53. The molecule has 0 aromatic heterocycles. The zero-order valence-corrected chi connectivity index (χ0v) is 15.8. The van der Waals surface area contributed by atoms with E-state index in [4.69, 9.17) is 0 Å². The third-order valence-electron chi connectivity index (χ3n) is 6.32. The van der Waals surface area contributed by atoms with E-state index in [1.165, 1.54) is 69.5 Å². The molecule has 0 nitrogen and oxygen atoms in total. The minimum Gasteiger partial charge on any atom is -0.0791 e. The maximum Gasteiger partial charge on any atom is 0.0204 e. The summed E-state index contributed by atoms with van der Waals surface area (Å²) in [5.74, 6) is 1.75. The van der Waals surface area contributed by atoms with Crippen molar-refractivity contribution < 1.29 is 0 Å². The maximum atomic E-state index is 2.57. The quantitative estimate of drug-likeness (QED) is 0.558. The molecule has 3 aliphatic carbocycles. The highest BCUT2D eigenvalue weighted by Gasteiger charge is 2.32. The van der Waals surface area contributed by atoms with Crippen LogP contribution in [0.4, 0.5) is 0 Å². The van der Waals surface area contributed by atoms with Crippen molar-refractivity contribution in [2.24, 2.45) is 11.8 Å². The average Bonchev–Trinajstić information content (AvgIpc) is 3.07. The summed E-state index contributed by atoms with van der Waals surface area (Å²) >= 11 is 0. The van der Waals surface area contributed by atoms with Gasteiger partial charge in [0, 0.05) is 5.66 Å². The van der Waals surface area contributed by atoms with E-state index >= 15 is 0 Å². The summed E-state index contributed by atoms with van der Waals surface area (Å²) in [5.41, 5.74) is 4.37. The van der Waals surface area contributed by atoms with Gasteiger partial charge >= 0.3 is 0 Å². The van der Waals surface area contributed by atoms with Gasteiger partial charge in [0.25, 0.3) is 0 Å². The van der Waals surface area contributed by atoms with Crippen LogP contribution in [0.3, 0.4) is 0 Å². The van der Waals surface area contributed by atoms with Gasteiger partial charge in [-0.15, -0.1) is 0 Å².